The molecule has 0 heterocycles. The van der Waals surface area contributed by atoms with Crippen molar-refractivity contribution in [2.45, 2.75) is 5.38 Å². The van der Waals surface area contributed by atoms with Gasteiger partial charge in [0.05, 0.1) is 20.4 Å². The van der Waals surface area contributed by atoms with Gasteiger partial charge in [0.15, 0.2) is 0 Å². The molecule has 0 radical (unpaired) electrons. The molecular weight excluding hydrogens is 378 g/mol. The Morgan fingerprint density at radius 1 is 0.944 bits per heavy atom. The number of hydrogen-bond acceptors (Lipinski definition) is 0. The molecule has 0 aromatic heterocycles. The van der Waals surface area contributed by atoms with Gasteiger partial charge in [0.2, 0.25) is 0 Å². The molecule has 0 spiro atoms. The van der Waals surface area contributed by atoms with Crippen molar-refractivity contribution in [2.24, 2.45) is 0 Å². The third-order valence-corrected chi connectivity index (χ3v) is 5.03. The van der Waals surface area contributed by atoms with Crippen LogP contribution in [0, 0.1) is 0 Å². The molecule has 0 nitrogen and oxygen atoms in total. The highest BCUT2D eigenvalue weighted by Crippen LogP contribution is 2.38. The van der Waals surface area contributed by atoms with Crippen LogP contribution in [0.15, 0.2) is 40.9 Å². The monoisotopic (exact) mass is 382 g/mol. The van der Waals surface area contributed by atoms with Gasteiger partial charge in [-0.25, -0.2) is 0 Å². The molecule has 0 N–H and O–H groups in total. The van der Waals surface area contributed by atoms with Crippen LogP contribution in [0.2, 0.25) is 15.1 Å². The third kappa shape index (κ3) is 2.97. The largest absolute Gasteiger partial charge is 0.113 e. The smallest absolute Gasteiger partial charge is 0.0850 e. The highest BCUT2D eigenvalue weighted by Gasteiger charge is 2.16. The Kier molecular flexibility index (Phi) is 4.85. The fourth-order valence-corrected chi connectivity index (χ4v) is 2.86. The summed E-state index contributed by atoms with van der Waals surface area (Å²) in [5.41, 5.74) is 1.68. The van der Waals surface area contributed by atoms with Crippen molar-refractivity contribution < 1.29 is 0 Å². The number of benzene rings is 2. The van der Waals surface area contributed by atoms with E-state index in [4.69, 9.17) is 46.4 Å². The van der Waals surface area contributed by atoms with Gasteiger partial charge in [0.1, 0.15) is 0 Å². The van der Waals surface area contributed by atoms with Crippen molar-refractivity contribution in [3.05, 3.63) is 67.1 Å². The maximum atomic E-state index is 6.43. The topological polar surface area (TPSA) is 0 Å². The summed E-state index contributed by atoms with van der Waals surface area (Å²) in [7, 11) is 0. The molecule has 0 saturated carbocycles. The molecule has 0 aliphatic heterocycles. The summed E-state index contributed by atoms with van der Waals surface area (Å²) in [5.74, 6) is 0. The molecule has 5 heteroatoms. The van der Waals surface area contributed by atoms with Crippen LogP contribution in [-0.4, -0.2) is 0 Å². The van der Waals surface area contributed by atoms with Crippen molar-refractivity contribution in [2.75, 3.05) is 0 Å². The molecule has 94 valence electrons. The fraction of sp³-hybridized carbons (Fsp3) is 0.0769. The number of hydrogen-bond donors (Lipinski definition) is 0. The van der Waals surface area contributed by atoms with Crippen molar-refractivity contribution in [3.8, 4) is 0 Å². The Balaban J connectivity index is 2.44. The van der Waals surface area contributed by atoms with Gasteiger partial charge in [-0.2, -0.15) is 0 Å². The SMILES string of the molecule is Clc1ccc(C(Cl)c2cccc(Br)c2Cl)cc1Cl. The van der Waals surface area contributed by atoms with Crippen LogP contribution in [-0.2, 0) is 0 Å². The summed E-state index contributed by atoms with van der Waals surface area (Å²) in [4.78, 5) is 0. The summed E-state index contributed by atoms with van der Waals surface area (Å²) in [6.45, 7) is 0. The average Bonchev–Trinajstić information content (AvgIpc) is 2.35. The molecule has 2 aromatic rings. The van der Waals surface area contributed by atoms with Crippen LogP contribution in [0.5, 0.6) is 0 Å². The minimum absolute atomic E-state index is 0.371. The highest BCUT2D eigenvalue weighted by molar-refractivity contribution is 9.10. The van der Waals surface area contributed by atoms with E-state index in [1.807, 2.05) is 24.3 Å². The minimum atomic E-state index is -0.371. The first-order valence-corrected chi connectivity index (χ1v) is 7.40. The van der Waals surface area contributed by atoms with Gasteiger partial charge in [0, 0.05) is 4.47 Å². The van der Waals surface area contributed by atoms with Crippen LogP contribution in [0.25, 0.3) is 0 Å². The summed E-state index contributed by atoms with van der Waals surface area (Å²) in [5, 5.41) is 1.21. The van der Waals surface area contributed by atoms with Crippen LogP contribution in [0.3, 0.4) is 0 Å². The molecule has 1 atom stereocenters. The minimum Gasteiger partial charge on any atom is -0.113 e. The maximum absolute atomic E-state index is 6.43. The van der Waals surface area contributed by atoms with E-state index in [0.717, 1.165) is 15.6 Å². The Hall–Kier alpha value is 0.0800. The summed E-state index contributed by atoms with van der Waals surface area (Å²) in [6, 6.07) is 10.9. The average molecular weight is 385 g/mol. The lowest BCUT2D eigenvalue weighted by molar-refractivity contribution is 1.14. The van der Waals surface area contributed by atoms with E-state index in [1.165, 1.54) is 0 Å². The lowest BCUT2D eigenvalue weighted by Crippen LogP contribution is -1.95. The Bertz CT molecular complexity index is 583. The second-order valence-electron chi connectivity index (χ2n) is 3.68. The predicted molar refractivity (Wildman–Crippen MR) is 83.3 cm³/mol. The summed E-state index contributed by atoms with van der Waals surface area (Å²) in [6.07, 6.45) is 0. The van der Waals surface area contributed by atoms with E-state index in [1.54, 1.807) is 12.1 Å². The molecule has 0 bridgehead atoms. The molecule has 18 heavy (non-hydrogen) atoms. The lowest BCUT2D eigenvalue weighted by atomic mass is 10.0. The molecule has 0 aliphatic rings. The van der Waals surface area contributed by atoms with E-state index in [0.29, 0.717) is 15.1 Å². The highest BCUT2D eigenvalue weighted by atomic mass is 79.9. The first-order chi connectivity index (χ1) is 8.50. The van der Waals surface area contributed by atoms with Crippen molar-refractivity contribution in [1.82, 2.24) is 0 Å². The molecule has 2 rings (SSSR count). The summed E-state index contributed by atoms with van der Waals surface area (Å²) < 4.78 is 0.812. The number of halogens is 5. The fourth-order valence-electron chi connectivity index (χ4n) is 1.57. The Morgan fingerprint density at radius 2 is 1.67 bits per heavy atom. The number of rotatable bonds is 2. The van der Waals surface area contributed by atoms with Crippen molar-refractivity contribution in [1.29, 1.82) is 0 Å². The van der Waals surface area contributed by atoms with Crippen LogP contribution < -0.4 is 0 Å². The summed E-state index contributed by atoms with van der Waals surface area (Å²) >= 11 is 27.9. The third-order valence-electron chi connectivity index (χ3n) is 2.49. The Labute approximate surface area is 134 Å². The maximum Gasteiger partial charge on any atom is 0.0850 e. The lowest BCUT2D eigenvalue weighted by Gasteiger charge is -2.13. The van der Waals surface area contributed by atoms with Gasteiger partial charge in [-0.15, -0.1) is 11.6 Å². The van der Waals surface area contributed by atoms with E-state index in [2.05, 4.69) is 15.9 Å². The first-order valence-electron chi connectivity index (χ1n) is 5.03. The van der Waals surface area contributed by atoms with E-state index in [9.17, 15) is 0 Å². The van der Waals surface area contributed by atoms with Gasteiger partial charge in [0.25, 0.3) is 0 Å². The van der Waals surface area contributed by atoms with Gasteiger partial charge < -0.3 is 0 Å². The Morgan fingerprint density at radius 3 is 2.33 bits per heavy atom. The zero-order valence-corrected chi connectivity index (χ0v) is 13.5. The van der Waals surface area contributed by atoms with Gasteiger partial charge in [-0.05, 0) is 45.3 Å². The van der Waals surface area contributed by atoms with Crippen LogP contribution >= 0.6 is 62.3 Å². The zero-order chi connectivity index (χ0) is 13.3. The predicted octanol–water partition coefficient (Wildman–Crippen LogP) is 6.74. The second kappa shape index (κ2) is 6.02. The molecular formula is C13H7BrCl4. The normalized spacial score (nSPS) is 12.5. The first kappa shape index (κ1) is 14.5. The molecule has 0 fully saturated rings. The molecule has 0 saturated heterocycles. The quantitative estimate of drug-likeness (QED) is 0.503. The van der Waals surface area contributed by atoms with Gasteiger partial charge in [-0.3, -0.25) is 0 Å². The van der Waals surface area contributed by atoms with Crippen LogP contribution in [0.1, 0.15) is 16.5 Å². The van der Waals surface area contributed by atoms with E-state index < -0.39 is 0 Å². The van der Waals surface area contributed by atoms with Crippen molar-refractivity contribution in [3.63, 3.8) is 0 Å². The standard InChI is InChI=1S/C13H7BrCl4/c14-9-3-1-2-8(13(9)18)12(17)7-4-5-10(15)11(16)6-7/h1-6,12H. The van der Waals surface area contributed by atoms with E-state index in [-0.39, 0.29) is 5.38 Å². The van der Waals surface area contributed by atoms with Gasteiger partial charge in [-0.1, -0.05) is 53.0 Å². The van der Waals surface area contributed by atoms with Gasteiger partial charge >= 0.3 is 0 Å². The number of alkyl halides is 1. The van der Waals surface area contributed by atoms with Crippen molar-refractivity contribution >= 4 is 62.3 Å². The van der Waals surface area contributed by atoms with E-state index >= 15 is 0 Å². The molecule has 0 amide bonds. The molecule has 1 unspecified atom stereocenters. The second-order valence-corrected chi connectivity index (χ2v) is 6.16. The van der Waals surface area contributed by atoms with Crippen LogP contribution in [0.4, 0.5) is 0 Å². The zero-order valence-electron chi connectivity index (χ0n) is 8.93. The molecule has 2 aromatic carbocycles. The molecule has 0 aliphatic carbocycles.